The second kappa shape index (κ2) is 11.0. The predicted molar refractivity (Wildman–Crippen MR) is 123 cm³/mol. The fourth-order valence-electron chi connectivity index (χ4n) is 3.27. The first-order valence-electron chi connectivity index (χ1n) is 10.5. The predicted octanol–water partition coefficient (Wildman–Crippen LogP) is 6.56. The SMILES string of the molecule is c1ccc(COCc2cccc(OCc3ccccc3)c2OCc2ccccc2)cc1. The number of hydrogen-bond donors (Lipinski definition) is 0. The maximum Gasteiger partial charge on any atom is 0.167 e. The summed E-state index contributed by atoms with van der Waals surface area (Å²) in [6.07, 6.45) is 0. The normalized spacial score (nSPS) is 10.6. The van der Waals surface area contributed by atoms with Gasteiger partial charge in [-0.1, -0.05) is 103 Å². The molecule has 0 saturated carbocycles. The van der Waals surface area contributed by atoms with Crippen molar-refractivity contribution in [2.24, 2.45) is 0 Å². The molecule has 0 unspecified atom stereocenters. The second-order valence-electron chi connectivity index (χ2n) is 7.27. The average Bonchev–Trinajstić information content (AvgIpc) is 2.84. The van der Waals surface area contributed by atoms with Crippen LogP contribution in [0.25, 0.3) is 0 Å². The Hall–Kier alpha value is -3.56. The van der Waals surface area contributed by atoms with E-state index in [1.165, 1.54) is 0 Å². The fourth-order valence-corrected chi connectivity index (χ4v) is 3.27. The smallest absolute Gasteiger partial charge is 0.167 e. The van der Waals surface area contributed by atoms with E-state index in [0.717, 1.165) is 33.8 Å². The van der Waals surface area contributed by atoms with Crippen molar-refractivity contribution >= 4 is 0 Å². The molecule has 4 aromatic carbocycles. The van der Waals surface area contributed by atoms with Crippen LogP contribution in [-0.2, 0) is 31.2 Å². The van der Waals surface area contributed by atoms with Gasteiger partial charge in [0.05, 0.1) is 13.2 Å². The van der Waals surface area contributed by atoms with Crippen molar-refractivity contribution in [1.82, 2.24) is 0 Å². The minimum atomic E-state index is 0.446. The van der Waals surface area contributed by atoms with Crippen LogP contribution < -0.4 is 9.47 Å². The highest BCUT2D eigenvalue weighted by Crippen LogP contribution is 2.33. The highest BCUT2D eigenvalue weighted by molar-refractivity contribution is 5.46. The van der Waals surface area contributed by atoms with E-state index in [4.69, 9.17) is 14.2 Å². The van der Waals surface area contributed by atoms with Crippen LogP contribution in [0.3, 0.4) is 0 Å². The molecule has 3 nitrogen and oxygen atoms in total. The van der Waals surface area contributed by atoms with Crippen LogP contribution in [-0.4, -0.2) is 0 Å². The molecular formula is C28H26O3. The summed E-state index contributed by atoms with van der Waals surface area (Å²) < 4.78 is 18.4. The molecule has 0 atom stereocenters. The van der Waals surface area contributed by atoms with Crippen LogP contribution in [0, 0.1) is 0 Å². The number of ether oxygens (including phenoxy) is 3. The fraction of sp³-hybridized carbons (Fsp3) is 0.143. The van der Waals surface area contributed by atoms with E-state index in [-0.39, 0.29) is 0 Å². The van der Waals surface area contributed by atoms with Crippen LogP contribution in [0.4, 0.5) is 0 Å². The molecule has 0 aliphatic heterocycles. The Morgan fingerprint density at radius 2 is 0.935 bits per heavy atom. The van der Waals surface area contributed by atoms with Gasteiger partial charge in [0.2, 0.25) is 0 Å². The minimum absolute atomic E-state index is 0.446. The highest BCUT2D eigenvalue weighted by atomic mass is 16.5. The molecule has 0 aliphatic carbocycles. The zero-order valence-corrected chi connectivity index (χ0v) is 17.4. The Morgan fingerprint density at radius 3 is 1.52 bits per heavy atom. The topological polar surface area (TPSA) is 27.7 Å². The summed E-state index contributed by atoms with van der Waals surface area (Å²) in [5, 5.41) is 0. The Kier molecular flexibility index (Phi) is 7.35. The van der Waals surface area contributed by atoms with E-state index in [1.807, 2.05) is 72.8 Å². The quantitative estimate of drug-likeness (QED) is 0.296. The Bertz CT molecular complexity index is 1050. The molecule has 0 heterocycles. The van der Waals surface area contributed by atoms with Gasteiger partial charge in [0, 0.05) is 5.56 Å². The molecular weight excluding hydrogens is 384 g/mol. The lowest BCUT2D eigenvalue weighted by atomic mass is 10.2. The van der Waals surface area contributed by atoms with Gasteiger partial charge in [0.15, 0.2) is 11.5 Å². The van der Waals surface area contributed by atoms with Crippen molar-refractivity contribution in [3.05, 3.63) is 131 Å². The maximum absolute atomic E-state index is 6.24. The first-order chi connectivity index (χ1) is 15.4. The van der Waals surface area contributed by atoms with Gasteiger partial charge in [-0.15, -0.1) is 0 Å². The van der Waals surface area contributed by atoms with Gasteiger partial charge in [0.25, 0.3) is 0 Å². The van der Waals surface area contributed by atoms with Gasteiger partial charge in [-0.2, -0.15) is 0 Å². The van der Waals surface area contributed by atoms with Gasteiger partial charge < -0.3 is 14.2 Å². The Balaban J connectivity index is 1.49. The zero-order valence-electron chi connectivity index (χ0n) is 17.4. The Labute approximate surface area is 183 Å². The summed E-state index contributed by atoms with van der Waals surface area (Å²) in [5.74, 6) is 1.45. The number of rotatable bonds is 10. The van der Waals surface area contributed by atoms with Crippen LogP contribution in [0.2, 0.25) is 0 Å². The summed E-state index contributed by atoms with van der Waals surface area (Å²) in [6, 6.07) is 36.4. The number of para-hydroxylation sites is 1. The molecule has 0 amide bonds. The molecule has 0 saturated heterocycles. The van der Waals surface area contributed by atoms with E-state index in [9.17, 15) is 0 Å². The monoisotopic (exact) mass is 410 g/mol. The largest absolute Gasteiger partial charge is 0.485 e. The standard InChI is InChI=1S/C28H26O3/c1-4-11-23(12-5-1)19-29-22-26-17-10-18-27(30-20-24-13-6-2-7-14-24)28(26)31-21-25-15-8-3-9-16-25/h1-18H,19-22H2. The van der Waals surface area contributed by atoms with Crippen molar-refractivity contribution in [1.29, 1.82) is 0 Å². The molecule has 31 heavy (non-hydrogen) atoms. The van der Waals surface area contributed by atoms with Crippen molar-refractivity contribution in [3.8, 4) is 11.5 Å². The second-order valence-corrected chi connectivity index (χ2v) is 7.27. The molecule has 4 aromatic rings. The first kappa shape index (κ1) is 20.7. The van der Waals surface area contributed by atoms with Gasteiger partial charge in [-0.05, 0) is 22.8 Å². The summed E-state index contributed by atoms with van der Waals surface area (Å²) in [5.41, 5.74) is 4.34. The molecule has 0 fully saturated rings. The maximum atomic E-state index is 6.24. The summed E-state index contributed by atoms with van der Waals surface area (Å²) in [7, 11) is 0. The van der Waals surface area contributed by atoms with Crippen molar-refractivity contribution < 1.29 is 14.2 Å². The molecule has 0 aromatic heterocycles. The lowest BCUT2D eigenvalue weighted by Crippen LogP contribution is -2.04. The molecule has 156 valence electrons. The third kappa shape index (κ3) is 6.21. The third-order valence-electron chi connectivity index (χ3n) is 4.89. The summed E-state index contributed by atoms with van der Waals surface area (Å²) in [6.45, 7) is 1.95. The first-order valence-corrected chi connectivity index (χ1v) is 10.5. The average molecular weight is 411 g/mol. The molecule has 0 bridgehead atoms. The lowest BCUT2D eigenvalue weighted by molar-refractivity contribution is 0.104. The zero-order chi connectivity index (χ0) is 21.1. The van der Waals surface area contributed by atoms with E-state index in [1.54, 1.807) is 0 Å². The van der Waals surface area contributed by atoms with Crippen molar-refractivity contribution in [3.63, 3.8) is 0 Å². The molecule has 4 rings (SSSR count). The summed E-state index contributed by atoms with van der Waals surface area (Å²) >= 11 is 0. The van der Waals surface area contributed by atoms with E-state index < -0.39 is 0 Å². The van der Waals surface area contributed by atoms with E-state index in [0.29, 0.717) is 26.4 Å². The van der Waals surface area contributed by atoms with Crippen LogP contribution >= 0.6 is 0 Å². The van der Waals surface area contributed by atoms with Gasteiger partial charge in [-0.25, -0.2) is 0 Å². The van der Waals surface area contributed by atoms with Crippen LogP contribution in [0.5, 0.6) is 11.5 Å². The van der Waals surface area contributed by atoms with E-state index >= 15 is 0 Å². The number of benzene rings is 4. The molecule has 0 radical (unpaired) electrons. The Morgan fingerprint density at radius 1 is 0.419 bits per heavy atom. The van der Waals surface area contributed by atoms with E-state index in [2.05, 4.69) is 36.4 Å². The lowest BCUT2D eigenvalue weighted by Gasteiger charge is -2.17. The minimum Gasteiger partial charge on any atom is -0.485 e. The van der Waals surface area contributed by atoms with Gasteiger partial charge in [0.1, 0.15) is 13.2 Å². The van der Waals surface area contributed by atoms with Crippen LogP contribution in [0.15, 0.2) is 109 Å². The number of hydrogen-bond acceptors (Lipinski definition) is 3. The molecule has 3 heteroatoms. The summed E-state index contributed by atoms with van der Waals surface area (Å²) in [4.78, 5) is 0. The van der Waals surface area contributed by atoms with Crippen molar-refractivity contribution in [2.75, 3.05) is 0 Å². The third-order valence-corrected chi connectivity index (χ3v) is 4.89. The molecule has 0 aliphatic rings. The molecule has 0 spiro atoms. The van der Waals surface area contributed by atoms with Crippen LogP contribution in [0.1, 0.15) is 22.3 Å². The van der Waals surface area contributed by atoms with Gasteiger partial charge >= 0.3 is 0 Å². The van der Waals surface area contributed by atoms with Gasteiger partial charge in [-0.3, -0.25) is 0 Å². The highest BCUT2D eigenvalue weighted by Gasteiger charge is 2.13. The van der Waals surface area contributed by atoms with Crippen molar-refractivity contribution in [2.45, 2.75) is 26.4 Å². The molecule has 0 N–H and O–H groups in total.